The lowest BCUT2D eigenvalue weighted by Gasteiger charge is -2.51. The van der Waals surface area contributed by atoms with Crippen LogP contribution in [0, 0.1) is 0 Å². The topological polar surface area (TPSA) is 533 Å². The van der Waals surface area contributed by atoms with Crippen molar-refractivity contribution in [2.24, 2.45) is 0 Å². The molecule has 34 heteroatoms. The van der Waals surface area contributed by atoms with E-state index in [0.29, 0.717) is 12.8 Å². The summed E-state index contributed by atoms with van der Waals surface area (Å²) in [6, 6.07) is -2.87. The van der Waals surface area contributed by atoms with Crippen molar-refractivity contribution in [3.8, 4) is 0 Å². The van der Waals surface area contributed by atoms with Gasteiger partial charge in [0.1, 0.15) is 140 Å². The molecule has 6 aliphatic rings. The summed E-state index contributed by atoms with van der Waals surface area (Å²) in [5.74, 6) is -1.21. The second kappa shape index (κ2) is 48.5. The van der Waals surface area contributed by atoms with Gasteiger partial charge in [-0.3, -0.25) is 9.59 Å². The zero-order valence-electron chi connectivity index (χ0n) is 62.0. The quantitative estimate of drug-likeness (QED) is 0.0225. The highest BCUT2D eigenvalue weighted by atomic mass is 16.8. The van der Waals surface area contributed by atoms with Crippen molar-refractivity contribution in [3.63, 3.8) is 0 Å². The highest BCUT2D eigenvalue weighted by Gasteiger charge is 2.58. The van der Waals surface area contributed by atoms with Crippen LogP contribution in [0.1, 0.15) is 195 Å². The molecule has 0 spiro atoms. The molecule has 0 aromatic heterocycles. The van der Waals surface area contributed by atoms with Gasteiger partial charge in [0, 0.05) is 13.3 Å². The van der Waals surface area contributed by atoms with Crippen LogP contribution in [-0.2, 0) is 66.4 Å². The Morgan fingerprint density at radius 3 is 1.27 bits per heavy atom. The molecule has 0 saturated carbocycles. The van der Waals surface area contributed by atoms with Gasteiger partial charge < -0.3 is 159 Å². The normalized spacial score (nSPS) is 38.7. The second-order valence-corrected chi connectivity index (χ2v) is 29.2. The van der Waals surface area contributed by atoms with Gasteiger partial charge in [-0.05, 0) is 26.2 Å². The molecule has 2 amide bonds. The molecular weight excluding hydrogens is 1400 g/mol. The smallest absolute Gasteiger partial charge is 0.220 e. The minimum atomic E-state index is -2.25. The Bertz CT molecular complexity index is 2420. The summed E-state index contributed by atoms with van der Waals surface area (Å²) in [7, 11) is 0. The van der Waals surface area contributed by atoms with Crippen LogP contribution in [0.15, 0.2) is 12.2 Å². The van der Waals surface area contributed by atoms with E-state index in [4.69, 9.17) is 56.8 Å². The average Bonchev–Trinajstić information content (AvgIpc) is 0.770. The molecule has 6 aliphatic heterocycles. The van der Waals surface area contributed by atoms with Crippen molar-refractivity contribution < 1.29 is 158 Å². The Morgan fingerprint density at radius 2 is 0.764 bits per heavy atom. The molecule has 6 saturated heterocycles. The fraction of sp³-hybridized carbons (Fsp3) is 0.944. The molecule has 0 bridgehead atoms. The average molecular weight is 1540 g/mol. The van der Waals surface area contributed by atoms with Crippen molar-refractivity contribution >= 4 is 11.8 Å². The molecule has 106 heavy (non-hydrogen) atoms. The van der Waals surface area contributed by atoms with Gasteiger partial charge >= 0.3 is 0 Å². The zero-order valence-corrected chi connectivity index (χ0v) is 62.0. The van der Waals surface area contributed by atoms with Gasteiger partial charge in [-0.15, -0.1) is 0 Å². The Hall–Kier alpha value is -2.52. The summed E-state index contributed by atoms with van der Waals surface area (Å²) in [5.41, 5.74) is 0. The standard InChI is InChI=1S/C72H130N2O32/c1-5-7-9-11-13-15-17-19-21-23-25-27-29-31-42(81)41(74-48(82)32-30-28-26-24-22-20-18-16-14-12-10-8-6-2)38-95-68-59(92)56(89)62(46(36-78)100-68)102-70-60(93)57(90)63(47(37-79)101-70)103-71-61(94)65(53(86)45(35-77)98-71)105-67-49(73-40(4)80)64(52(85)44(34-76)97-67)104-72-66(55(88)51(84)43(33-75)99-72)106-69-58(91)54(87)50(83)39(3)96-69/h29,31,39,41-47,49-72,75-79,81,83-94H,5-28,30,32-38H2,1-4H3,(H,73,80)(H,74,82)/b31-29+/t39-,41-,42+,43+,44+,45+,46+,47+,49+,50+,51-,52-,53-,54+,55-,56+,57+,58-,59+,60+,61+,62+,63-,64+,65-,66+,67-,68+,69-,70-,71+,72-/m0/s1. The molecule has 620 valence electrons. The van der Waals surface area contributed by atoms with Crippen molar-refractivity contribution in [2.45, 2.75) is 391 Å². The lowest BCUT2D eigenvalue weighted by molar-refractivity contribution is -0.393. The van der Waals surface area contributed by atoms with E-state index >= 15 is 0 Å². The molecule has 32 atom stereocenters. The lowest BCUT2D eigenvalue weighted by Crippen LogP contribution is -2.70. The monoisotopic (exact) mass is 1530 g/mol. The van der Waals surface area contributed by atoms with Crippen LogP contribution in [0.2, 0.25) is 0 Å². The fourth-order valence-corrected chi connectivity index (χ4v) is 14.3. The molecule has 20 N–H and O–H groups in total. The Labute approximate surface area is 621 Å². The molecule has 6 rings (SSSR count). The first kappa shape index (κ1) is 92.3. The van der Waals surface area contributed by atoms with Gasteiger partial charge in [-0.2, -0.15) is 0 Å². The van der Waals surface area contributed by atoms with Gasteiger partial charge in [-0.25, -0.2) is 0 Å². The van der Waals surface area contributed by atoms with Crippen LogP contribution in [0.4, 0.5) is 0 Å². The number of hydrogen-bond donors (Lipinski definition) is 20. The molecule has 6 fully saturated rings. The van der Waals surface area contributed by atoms with Crippen molar-refractivity contribution in [3.05, 3.63) is 12.2 Å². The van der Waals surface area contributed by atoms with Crippen molar-refractivity contribution in [2.75, 3.05) is 39.6 Å². The van der Waals surface area contributed by atoms with Gasteiger partial charge in [0.15, 0.2) is 37.7 Å². The summed E-state index contributed by atoms with van der Waals surface area (Å²) < 4.78 is 70.7. The van der Waals surface area contributed by atoms with E-state index in [2.05, 4.69) is 24.5 Å². The molecule has 0 unspecified atom stereocenters. The van der Waals surface area contributed by atoms with Crippen LogP contribution in [0.25, 0.3) is 0 Å². The lowest BCUT2D eigenvalue weighted by atomic mass is 9.94. The summed E-state index contributed by atoms with van der Waals surface area (Å²) >= 11 is 0. The Morgan fingerprint density at radius 1 is 0.387 bits per heavy atom. The van der Waals surface area contributed by atoms with Gasteiger partial charge in [0.05, 0.1) is 57.9 Å². The Balaban J connectivity index is 1.09. The number of carbonyl (C=O) groups is 2. The SMILES string of the molecule is CCCCCCCCCCCCC/C=C/[C@@H](O)[C@H](CO[C@@H]1O[C@H](CO)[C@@H](O[C@@H]2O[C@H](CO)[C@H](O[C@H]3O[C@H](CO)[C@H](O)[C@H](O[C@@H]4O[C@H](CO)[C@H](O)[C@H](O[C@@H]5O[C@H](CO)[C@H](O)[C@H](O)[C@H]5O[C@@H]5O[C@@H](C)[C@@H](O)[C@@H](O)[C@@H]5O)[C@H]4NC(C)=O)[C@H]3O)[C@H](O)[C@H]2O)[C@H](O)[C@H]1O)NC(=O)CCCCCCCCCCCCCCC. The zero-order chi connectivity index (χ0) is 77.6. The van der Waals surface area contributed by atoms with Crippen LogP contribution >= 0.6 is 0 Å². The minimum absolute atomic E-state index is 0.185. The predicted octanol–water partition coefficient (Wildman–Crippen LogP) is -2.32. The first-order valence-corrected chi connectivity index (χ1v) is 38.8. The third kappa shape index (κ3) is 27.1. The molecule has 0 radical (unpaired) electrons. The highest BCUT2D eigenvalue weighted by molar-refractivity contribution is 5.76. The maximum atomic E-state index is 13.5. The maximum Gasteiger partial charge on any atom is 0.220 e. The summed E-state index contributed by atoms with van der Waals surface area (Å²) in [5, 5.41) is 205. The van der Waals surface area contributed by atoms with Crippen molar-refractivity contribution in [1.29, 1.82) is 0 Å². The second-order valence-electron chi connectivity index (χ2n) is 29.2. The third-order valence-electron chi connectivity index (χ3n) is 20.8. The summed E-state index contributed by atoms with van der Waals surface area (Å²) in [4.78, 5) is 26.4. The van der Waals surface area contributed by atoms with Crippen LogP contribution in [0.5, 0.6) is 0 Å². The van der Waals surface area contributed by atoms with Gasteiger partial charge in [0.25, 0.3) is 0 Å². The molecule has 0 aromatic rings. The number of hydrogen-bond acceptors (Lipinski definition) is 32. The number of allylic oxidation sites excluding steroid dienone is 1. The van der Waals surface area contributed by atoms with E-state index in [1.807, 2.05) is 6.08 Å². The number of ether oxygens (including phenoxy) is 12. The number of carbonyl (C=O) groups excluding carboxylic acids is 2. The molecule has 0 aliphatic carbocycles. The van der Waals surface area contributed by atoms with Crippen LogP contribution in [-0.4, -0.2) is 340 Å². The van der Waals surface area contributed by atoms with E-state index in [1.165, 1.54) is 103 Å². The number of nitrogens with one attached hydrogen (secondary N) is 2. The van der Waals surface area contributed by atoms with Crippen LogP contribution < -0.4 is 10.6 Å². The van der Waals surface area contributed by atoms with E-state index in [9.17, 15) is 102 Å². The van der Waals surface area contributed by atoms with E-state index in [-0.39, 0.29) is 12.3 Å². The van der Waals surface area contributed by atoms with Crippen LogP contribution in [0.3, 0.4) is 0 Å². The predicted molar refractivity (Wildman–Crippen MR) is 372 cm³/mol. The van der Waals surface area contributed by atoms with Gasteiger partial charge in [-0.1, -0.05) is 167 Å². The number of aliphatic hydroxyl groups excluding tert-OH is 18. The number of aliphatic hydroxyl groups is 18. The maximum absolute atomic E-state index is 13.5. The molecule has 6 heterocycles. The number of rotatable bonds is 48. The van der Waals surface area contributed by atoms with E-state index in [0.717, 1.165) is 58.3 Å². The Kier molecular flexibility index (Phi) is 42.3. The summed E-state index contributed by atoms with van der Waals surface area (Å²) in [6.45, 7) is 1.33. The first-order valence-electron chi connectivity index (χ1n) is 38.8. The molecule has 34 nitrogen and oxygen atoms in total. The molecular formula is C72H130N2O32. The third-order valence-corrected chi connectivity index (χ3v) is 20.8. The first-order chi connectivity index (χ1) is 50.9. The number of amides is 2. The van der Waals surface area contributed by atoms with Crippen molar-refractivity contribution in [1.82, 2.24) is 10.6 Å². The number of unbranched alkanes of at least 4 members (excludes halogenated alkanes) is 23. The molecule has 0 aromatic carbocycles. The fourth-order valence-electron chi connectivity index (χ4n) is 14.3. The van der Waals surface area contributed by atoms with E-state index in [1.54, 1.807) is 6.08 Å². The largest absolute Gasteiger partial charge is 0.394 e. The van der Waals surface area contributed by atoms with Gasteiger partial charge in [0.2, 0.25) is 11.8 Å². The minimum Gasteiger partial charge on any atom is -0.394 e. The highest BCUT2D eigenvalue weighted by Crippen LogP contribution is 2.38. The summed E-state index contributed by atoms with van der Waals surface area (Å²) in [6.07, 6.45) is -24.4. The van der Waals surface area contributed by atoms with E-state index < -0.39 is 242 Å².